The van der Waals surface area contributed by atoms with E-state index in [1.807, 2.05) is 30.3 Å². The van der Waals surface area contributed by atoms with Crippen LogP contribution in [0.15, 0.2) is 71.8 Å². The molecule has 150 valence electrons. The lowest BCUT2D eigenvalue weighted by Crippen LogP contribution is -2.45. The third kappa shape index (κ3) is 3.45. The molecule has 2 atom stereocenters. The van der Waals surface area contributed by atoms with Crippen molar-refractivity contribution in [3.05, 3.63) is 98.5 Å². The monoisotopic (exact) mass is 456 g/mol. The van der Waals surface area contributed by atoms with E-state index in [9.17, 15) is 4.79 Å². The van der Waals surface area contributed by atoms with Crippen molar-refractivity contribution < 1.29 is 9.53 Å². The Hall–Kier alpha value is -2.53. The molecule has 2 aliphatic heterocycles. The number of hydrogen-bond acceptors (Lipinski definition) is 4. The molecule has 30 heavy (non-hydrogen) atoms. The Labute approximate surface area is 188 Å². The molecule has 2 heterocycles. The molecular weight excluding hydrogens is 443 g/mol. The van der Waals surface area contributed by atoms with Gasteiger partial charge < -0.3 is 4.74 Å². The molecule has 0 spiro atoms. The van der Waals surface area contributed by atoms with Crippen LogP contribution in [0, 0.1) is 0 Å². The minimum absolute atomic E-state index is 0.153. The average Bonchev–Trinajstić information content (AvgIpc) is 3.19. The zero-order valence-electron chi connectivity index (χ0n) is 15.6. The summed E-state index contributed by atoms with van der Waals surface area (Å²) in [5, 5.41) is 8.35. The number of halogens is 3. The zero-order chi connectivity index (χ0) is 20.8. The summed E-state index contributed by atoms with van der Waals surface area (Å²) in [7, 11) is 0. The first-order valence-corrected chi connectivity index (χ1v) is 10.5. The van der Waals surface area contributed by atoms with Gasteiger partial charge in [-0.05, 0) is 60.2 Å². The van der Waals surface area contributed by atoms with Crippen LogP contribution in [0.1, 0.15) is 33.9 Å². The van der Waals surface area contributed by atoms with Crippen LogP contribution in [-0.2, 0) is 0 Å². The Kier molecular flexibility index (Phi) is 4.94. The van der Waals surface area contributed by atoms with Crippen LogP contribution in [-0.4, -0.2) is 22.7 Å². The number of rotatable bonds is 3. The normalized spacial score (nSPS) is 19.6. The van der Waals surface area contributed by atoms with Gasteiger partial charge in [0, 0.05) is 32.6 Å². The minimum Gasteiger partial charge on any atom is -0.461 e. The maximum atomic E-state index is 13.3. The highest BCUT2D eigenvalue weighted by Crippen LogP contribution is 2.44. The lowest BCUT2D eigenvalue weighted by molar-refractivity contribution is -0.00455. The number of hydrazone groups is 1. The zero-order valence-corrected chi connectivity index (χ0v) is 17.8. The molecule has 0 aromatic heterocycles. The molecule has 0 radical (unpaired) electrons. The fourth-order valence-electron chi connectivity index (χ4n) is 3.80. The molecule has 3 aromatic rings. The van der Waals surface area contributed by atoms with Crippen LogP contribution in [0.5, 0.6) is 5.75 Å². The van der Waals surface area contributed by atoms with Crippen LogP contribution >= 0.6 is 34.8 Å². The first kappa shape index (κ1) is 19.4. The van der Waals surface area contributed by atoms with Crippen molar-refractivity contribution in [2.75, 3.05) is 0 Å². The maximum Gasteiger partial charge on any atom is 0.251 e. The number of nitrogens with zero attached hydrogens (tertiary/aromatic N) is 2. The van der Waals surface area contributed by atoms with E-state index >= 15 is 0 Å². The predicted octanol–water partition coefficient (Wildman–Crippen LogP) is 6.40. The molecule has 4 nitrogen and oxygen atoms in total. The Morgan fingerprint density at radius 2 is 1.53 bits per heavy atom. The number of Topliss-reactive ketones (excluding diaryl/α,β-unsaturated/α-hetero) is 1. The van der Waals surface area contributed by atoms with E-state index < -0.39 is 6.23 Å². The first-order valence-electron chi connectivity index (χ1n) is 9.37. The summed E-state index contributed by atoms with van der Waals surface area (Å²) in [6.45, 7) is 0. The molecule has 0 fully saturated rings. The fraction of sp³-hybridized carbons (Fsp3) is 0.130. The number of ether oxygens (including phenoxy) is 1. The van der Waals surface area contributed by atoms with Gasteiger partial charge in [0.25, 0.3) is 6.23 Å². The highest BCUT2D eigenvalue weighted by molar-refractivity contribution is 6.31. The van der Waals surface area contributed by atoms with Crippen molar-refractivity contribution >= 4 is 46.3 Å². The Balaban J connectivity index is 1.57. The second-order valence-corrected chi connectivity index (χ2v) is 8.49. The van der Waals surface area contributed by atoms with Crippen LogP contribution in [0.3, 0.4) is 0 Å². The minimum atomic E-state index is -0.880. The average molecular weight is 458 g/mol. The van der Waals surface area contributed by atoms with Gasteiger partial charge >= 0.3 is 0 Å². The molecule has 0 aliphatic carbocycles. The Morgan fingerprint density at radius 1 is 0.900 bits per heavy atom. The smallest absolute Gasteiger partial charge is 0.251 e. The number of fused-ring (bicyclic) bond motifs is 3. The summed E-state index contributed by atoms with van der Waals surface area (Å²) in [4.78, 5) is 13.3. The molecule has 5 rings (SSSR count). The van der Waals surface area contributed by atoms with Crippen molar-refractivity contribution in [1.29, 1.82) is 0 Å². The van der Waals surface area contributed by atoms with E-state index in [-0.39, 0.29) is 11.8 Å². The number of carbonyl (C=O) groups is 1. The standard InChI is InChI=1S/C23H15Cl3N2O2/c24-15-5-1-13(2-6-15)19-12-20-18-11-17(26)9-10-21(18)30-23(28(20)27-19)22(29)14-3-7-16(25)8-4-14/h1-11,20,23H,12H2. The van der Waals surface area contributed by atoms with E-state index in [4.69, 9.17) is 44.6 Å². The van der Waals surface area contributed by atoms with Crippen molar-refractivity contribution in [2.45, 2.75) is 18.7 Å². The van der Waals surface area contributed by atoms with Gasteiger partial charge in [-0.3, -0.25) is 4.79 Å². The number of ketones is 1. The first-order chi connectivity index (χ1) is 14.5. The molecule has 0 N–H and O–H groups in total. The van der Waals surface area contributed by atoms with E-state index in [2.05, 4.69) is 0 Å². The number of hydrogen-bond donors (Lipinski definition) is 0. The van der Waals surface area contributed by atoms with Gasteiger partial charge in [0.05, 0.1) is 11.8 Å². The van der Waals surface area contributed by atoms with Gasteiger partial charge in [0.2, 0.25) is 5.78 Å². The van der Waals surface area contributed by atoms with Gasteiger partial charge in [-0.1, -0.05) is 46.9 Å². The quantitative estimate of drug-likeness (QED) is 0.427. The third-order valence-electron chi connectivity index (χ3n) is 5.28. The van der Waals surface area contributed by atoms with Gasteiger partial charge in [-0.2, -0.15) is 5.10 Å². The highest BCUT2D eigenvalue weighted by Gasteiger charge is 2.43. The fourth-order valence-corrected chi connectivity index (χ4v) is 4.24. The topological polar surface area (TPSA) is 41.9 Å². The van der Waals surface area contributed by atoms with Crippen molar-refractivity contribution in [3.8, 4) is 5.75 Å². The van der Waals surface area contributed by atoms with Crippen LogP contribution in [0.2, 0.25) is 15.1 Å². The lowest BCUT2D eigenvalue weighted by atomic mass is 9.96. The molecule has 0 amide bonds. The van der Waals surface area contributed by atoms with Gasteiger partial charge in [-0.15, -0.1) is 0 Å². The third-order valence-corrected chi connectivity index (χ3v) is 6.02. The molecule has 0 bridgehead atoms. The number of benzene rings is 3. The second kappa shape index (κ2) is 7.62. The molecule has 0 saturated heterocycles. The van der Waals surface area contributed by atoms with E-state index in [0.29, 0.717) is 32.8 Å². The van der Waals surface area contributed by atoms with Gasteiger partial charge in [-0.25, -0.2) is 5.01 Å². The van der Waals surface area contributed by atoms with E-state index in [1.165, 1.54) is 0 Å². The van der Waals surface area contributed by atoms with Crippen molar-refractivity contribution in [2.24, 2.45) is 5.10 Å². The Bertz CT molecular complexity index is 1160. The van der Waals surface area contributed by atoms with Crippen LogP contribution in [0.4, 0.5) is 0 Å². The number of carbonyl (C=O) groups excluding carboxylic acids is 1. The summed E-state index contributed by atoms with van der Waals surface area (Å²) < 4.78 is 6.11. The molecule has 0 saturated carbocycles. The summed E-state index contributed by atoms with van der Waals surface area (Å²) in [5.74, 6) is 0.457. The van der Waals surface area contributed by atoms with Crippen LogP contribution in [0.25, 0.3) is 0 Å². The maximum absolute atomic E-state index is 13.3. The summed E-state index contributed by atoms with van der Waals surface area (Å²) in [6, 6.07) is 19.6. The van der Waals surface area contributed by atoms with E-state index in [1.54, 1.807) is 41.4 Å². The Morgan fingerprint density at radius 3 is 2.23 bits per heavy atom. The van der Waals surface area contributed by atoms with Crippen molar-refractivity contribution in [3.63, 3.8) is 0 Å². The summed E-state index contributed by atoms with van der Waals surface area (Å²) >= 11 is 18.2. The van der Waals surface area contributed by atoms with E-state index in [0.717, 1.165) is 16.8 Å². The largest absolute Gasteiger partial charge is 0.461 e. The molecular formula is C23H15Cl3N2O2. The molecule has 2 aliphatic rings. The highest BCUT2D eigenvalue weighted by atomic mass is 35.5. The molecule has 3 aromatic carbocycles. The molecule has 7 heteroatoms. The second-order valence-electron chi connectivity index (χ2n) is 7.18. The lowest BCUT2D eigenvalue weighted by Gasteiger charge is -2.37. The van der Waals surface area contributed by atoms with Gasteiger partial charge in [0.1, 0.15) is 5.75 Å². The van der Waals surface area contributed by atoms with Crippen molar-refractivity contribution in [1.82, 2.24) is 5.01 Å². The van der Waals surface area contributed by atoms with Crippen LogP contribution < -0.4 is 4.74 Å². The summed E-state index contributed by atoms with van der Waals surface area (Å²) in [6.07, 6.45) is -0.252. The van der Waals surface area contributed by atoms with Gasteiger partial charge in [0.15, 0.2) is 0 Å². The SMILES string of the molecule is O=C(c1ccc(Cl)cc1)C1Oc2ccc(Cl)cc2C2CC(c3ccc(Cl)cc3)=NN12. The predicted molar refractivity (Wildman–Crippen MR) is 119 cm³/mol. The summed E-state index contributed by atoms with van der Waals surface area (Å²) in [5.41, 5.74) is 3.24. The molecule has 2 unspecified atom stereocenters.